The Balaban J connectivity index is 4.05. The summed E-state index contributed by atoms with van der Waals surface area (Å²) < 4.78 is 23.4. The molecular formula is C69H133N2O6P. The van der Waals surface area contributed by atoms with Gasteiger partial charge in [0.15, 0.2) is 0 Å². The third kappa shape index (κ3) is 62.1. The largest absolute Gasteiger partial charge is 0.756 e. The molecule has 0 saturated carbocycles. The lowest BCUT2D eigenvalue weighted by Gasteiger charge is -2.29. The molecule has 1 amide bonds. The van der Waals surface area contributed by atoms with Gasteiger partial charge in [0.25, 0.3) is 7.82 Å². The van der Waals surface area contributed by atoms with Crippen molar-refractivity contribution in [3.8, 4) is 0 Å². The molecule has 0 aliphatic carbocycles. The van der Waals surface area contributed by atoms with Crippen molar-refractivity contribution >= 4 is 13.7 Å². The number of aliphatic hydroxyl groups excluding tert-OH is 1. The molecule has 0 aromatic carbocycles. The van der Waals surface area contributed by atoms with Gasteiger partial charge in [0.05, 0.1) is 39.9 Å². The molecule has 3 unspecified atom stereocenters. The lowest BCUT2D eigenvalue weighted by Crippen LogP contribution is -2.45. The van der Waals surface area contributed by atoms with Gasteiger partial charge in [0, 0.05) is 6.42 Å². The number of phosphoric ester groups is 1. The number of amides is 1. The van der Waals surface area contributed by atoms with Gasteiger partial charge in [-0.1, -0.05) is 313 Å². The number of allylic oxidation sites excluding steroid dienone is 7. The maximum atomic E-state index is 13.0. The molecule has 460 valence electrons. The zero-order chi connectivity index (χ0) is 57.0. The molecule has 2 N–H and O–H groups in total. The standard InChI is InChI=1S/C69H133N2O6P/c1-6-8-10-12-14-16-18-20-22-24-26-28-29-30-31-32-33-34-35-36-37-38-39-40-41-43-45-47-49-51-53-55-57-59-61-63-69(73)70-67(66-77-78(74,75)76-65-64-71(3,4)5)68(72)62-60-58-56-54-52-50-48-46-44-42-27-25-23-21-19-17-15-13-11-9-7-2/h29-30,32-33,52,54,60,62,67-68,72H,6-28,31,34-51,53,55-59,61,63-66H2,1-5H3,(H-,70,73,74,75)/b30-29-,33-32-,54-52+,62-60+. The summed E-state index contributed by atoms with van der Waals surface area (Å²) in [5.41, 5.74) is 0. The Labute approximate surface area is 486 Å². The normalized spacial score (nSPS) is 14.0. The topological polar surface area (TPSA) is 108 Å². The Bertz CT molecular complexity index is 1410. The molecule has 0 spiro atoms. The summed E-state index contributed by atoms with van der Waals surface area (Å²) in [5, 5.41) is 13.9. The van der Waals surface area contributed by atoms with Gasteiger partial charge in [-0.3, -0.25) is 9.36 Å². The Hall–Kier alpha value is -1.54. The predicted octanol–water partition coefficient (Wildman–Crippen LogP) is 20.8. The average Bonchev–Trinajstić information content (AvgIpc) is 3.41. The molecule has 0 saturated heterocycles. The molecule has 9 heteroatoms. The summed E-state index contributed by atoms with van der Waals surface area (Å²) in [4.78, 5) is 25.6. The van der Waals surface area contributed by atoms with E-state index in [4.69, 9.17) is 9.05 Å². The number of hydrogen-bond donors (Lipinski definition) is 2. The number of quaternary nitrogens is 1. The van der Waals surface area contributed by atoms with E-state index >= 15 is 0 Å². The molecule has 8 nitrogen and oxygen atoms in total. The molecule has 0 bridgehead atoms. The quantitative estimate of drug-likeness (QED) is 0.0272. The van der Waals surface area contributed by atoms with Crippen LogP contribution in [0.3, 0.4) is 0 Å². The third-order valence-corrected chi connectivity index (χ3v) is 16.5. The van der Waals surface area contributed by atoms with Crippen LogP contribution in [0.4, 0.5) is 0 Å². The highest BCUT2D eigenvalue weighted by atomic mass is 31.2. The minimum Gasteiger partial charge on any atom is -0.756 e. The number of nitrogens with one attached hydrogen (secondary N) is 1. The van der Waals surface area contributed by atoms with E-state index in [1.165, 1.54) is 270 Å². The van der Waals surface area contributed by atoms with Crippen molar-refractivity contribution in [2.45, 2.75) is 347 Å². The number of likely N-dealkylation sites (N-methyl/N-ethyl adjacent to an activating group) is 1. The van der Waals surface area contributed by atoms with Gasteiger partial charge >= 0.3 is 0 Å². The fourth-order valence-electron chi connectivity index (χ4n) is 10.2. The second-order valence-electron chi connectivity index (χ2n) is 24.5. The van der Waals surface area contributed by atoms with Crippen molar-refractivity contribution in [3.63, 3.8) is 0 Å². The second kappa shape index (κ2) is 60.1. The van der Waals surface area contributed by atoms with Crippen molar-refractivity contribution < 1.29 is 32.9 Å². The summed E-state index contributed by atoms with van der Waals surface area (Å²) in [5.74, 6) is -0.202. The first-order chi connectivity index (χ1) is 38.0. The van der Waals surface area contributed by atoms with Crippen LogP contribution in [0.5, 0.6) is 0 Å². The van der Waals surface area contributed by atoms with Crippen molar-refractivity contribution in [3.05, 3.63) is 48.6 Å². The van der Waals surface area contributed by atoms with Crippen LogP contribution < -0.4 is 10.2 Å². The first-order valence-electron chi connectivity index (χ1n) is 34.0. The maximum absolute atomic E-state index is 13.0. The van der Waals surface area contributed by atoms with E-state index in [2.05, 4.69) is 55.6 Å². The second-order valence-corrected chi connectivity index (χ2v) is 25.9. The number of hydrogen-bond acceptors (Lipinski definition) is 6. The van der Waals surface area contributed by atoms with E-state index in [9.17, 15) is 19.4 Å². The molecule has 3 atom stereocenters. The van der Waals surface area contributed by atoms with Gasteiger partial charge in [-0.25, -0.2) is 0 Å². The lowest BCUT2D eigenvalue weighted by atomic mass is 10.0. The van der Waals surface area contributed by atoms with Crippen LogP contribution in [0.25, 0.3) is 0 Å². The number of carbonyl (C=O) groups excluding carboxylic acids is 1. The van der Waals surface area contributed by atoms with Crippen LogP contribution in [-0.2, 0) is 18.4 Å². The number of phosphoric acid groups is 1. The fraction of sp³-hybridized carbons (Fsp3) is 0.870. The van der Waals surface area contributed by atoms with E-state index in [1.54, 1.807) is 6.08 Å². The van der Waals surface area contributed by atoms with E-state index in [-0.39, 0.29) is 12.5 Å². The molecule has 0 aliphatic rings. The van der Waals surface area contributed by atoms with E-state index in [1.807, 2.05) is 27.2 Å². The van der Waals surface area contributed by atoms with Gasteiger partial charge in [-0.15, -0.1) is 0 Å². The first-order valence-corrected chi connectivity index (χ1v) is 35.5. The summed E-state index contributed by atoms with van der Waals surface area (Å²) in [6, 6.07) is -0.904. The maximum Gasteiger partial charge on any atom is 0.268 e. The lowest BCUT2D eigenvalue weighted by molar-refractivity contribution is -0.870. The van der Waals surface area contributed by atoms with E-state index < -0.39 is 26.6 Å². The van der Waals surface area contributed by atoms with E-state index in [0.29, 0.717) is 17.4 Å². The van der Waals surface area contributed by atoms with Gasteiger partial charge in [0.1, 0.15) is 13.2 Å². The molecule has 78 heavy (non-hydrogen) atoms. The molecule has 0 heterocycles. The van der Waals surface area contributed by atoms with Gasteiger partial charge < -0.3 is 28.8 Å². The average molecular weight is 1120 g/mol. The number of carbonyl (C=O) groups is 1. The first kappa shape index (κ1) is 76.5. The third-order valence-electron chi connectivity index (χ3n) is 15.5. The molecule has 0 radical (unpaired) electrons. The molecule has 0 fully saturated rings. The van der Waals surface area contributed by atoms with Crippen LogP contribution in [0.2, 0.25) is 0 Å². The zero-order valence-corrected chi connectivity index (χ0v) is 53.5. The monoisotopic (exact) mass is 1120 g/mol. The Morgan fingerprint density at radius 1 is 0.449 bits per heavy atom. The number of unbranched alkanes of at least 4 members (excludes halogenated alkanes) is 44. The molecular weight excluding hydrogens is 984 g/mol. The highest BCUT2D eigenvalue weighted by Gasteiger charge is 2.23. The number of aliphatic hydroxyl groups is 1. The number of rotatable bonds is 63. The van der Waals surface area contributed by atoms with Crippen molar-refractivity contribution in [1.82, 2.24) is 5.32 Å². The number of nitrogens with zero attached hydrogens (tertiary/aromatic N) is 1. The predicted molar refractivity (Wildman–Crippen MR) is 339 cm³/mol. The van der Waals surface area contributed by atoms with Crippen LogP contribution in [0.1, 0.15) is 335 Å². The Morgan fingerprint density at radius 3 is 1.12 bits per heavy atom. The Morgan fingerprint density at radius 2 is 0.756 bits per heavy atom. The Kier molecular flexibility index (Phi) is 58.9. The highest BCUT2D eigenvalue weighted by molar-refractivity contribution is 7.45. The fourth-order valence-corrected chi connectivity index (χ4v) is 10.9. The van der Waals surface area contributed by atoms with Crippen LogP contribution in [-0.4, -0.2) is 68.5 Å². The van der Waals surface area contributed by atoms with Gasteiger partial charge in [0.2, 0.25) is 5.91 Å². The highest BCUT2D eigenvalue weighted by Crippen LogP contribution is 2.38. The smallest absolute Gasteiger partial charge is 0.268 e. The molecule has 0 aromatic rings. The van der Waals surface area contributed by atoms with Gasteiger partial charge in [-0.2, -0.15) is 0 Å². The van der Waals surface area contributed by atoms with Crippen molar-refractivity contribution in [1.29, 1.82) is 0 Å². The molecule has 0 rings (SSSR count). The summed E-state index contributed by atoms with van der Waals surface area (Å²) in [6.07, 6.45) is 80.9. The zero-order valence-electron chi connectivity index (χ0n) is 52.6. The van der Waals surface area contributed by atoms with Crippen molar-refractivity contribution in [2.75, 3.05) is 40.9 Å². The van der Waals surface area contributed by atoms with Crippen molar-refractivity contribution in [2.24, 2.45) is 0 Å². The molecule has 0 aromatic heterocycles. The summed E-state index contributed by atoms with van der Waals surface area (Å²) in [6.45, 7) is 4.67. The van der Waals surface area contributed by atoms with E-state index in [0.717, 1.165) is 44.9 Å². The van der Waals surface area contributed by atoms with Gasteiger partial charge in [-0.05, 0) is 64.2 Å². The van der Waals surface area contributed by atoms with Crippen LogP contribution in [0.15, 0.2) is 48.6 Å². The molecule has 0 aliphatic heterocycles. The minimum atomic E-state index is -4.61. The van der Waals surface area contributed by atoms with Crippen LogP contribution in [0, 0.1) is 0 Å². The summed E-state index contributed by atoms with van der Waals surface area (Å²) >= 11 is 0. The van der Waals surface area contributed by atoms with Crippen LogP contribution >= 0.6 is 7.82 Å². The minimum absolute atomic E-state index is 0.00574. The SMILES string of the molecule is CCCCCCCCCCCCC/C=C\C/C=C\CCCCCCCCCCCCCCCCCCCC(=O)NC(COP(=O)([O-])OCC[N+](C)(C)C)C(O)/C=C/CC/C=C/CCCCCCCCCCCCCCCCC. The summed E-state index contributed by atoms with van der Waals surface area (Å²) in [7, 11) is 1.25.